The van der Waals surface area contributed by atoms with Crippen molar-refractivity contribution in [3.05, 3.63) is 76.6 Å². The number of anilines is 1. The van der Waals surface area contributed by atoms with Crippen LogP contribution in [-0.2, 0) is 16.1 Å². The molecule has 42 heavy (non-hydrogen) atoms. The van der Waals surface area contributed by atoms with E-state index in [1.54, 1.807) is 34.1 Å². The number of morpholine rings is 1. The van der Waals surface area contributed by atoms with Gasteiger partial charge in [-0.1, -0.05) is 30.3 Å². The number of amides is 1. The topological polar surface area (TPSA) is 200 Å². The SMILES string of the molecule is N=C(N)c1ccc(CNc2nc(C3CC(O)N(CC(=O)N4CCOCC4)C3)nn2C(=O)c2cccc(C(=O)O)c2)cc1. The van der Waals surface area contributed by atoms with Crippen LogP contribution in [0.15, 0.2) is 48.5 Å². The fraction of sp³-hybridized carbons (Fsp3) is 0.357. The Labute approximate surface area is 241 Å². The molecule has 2 saturated heterocycles. The van der Waals surface area contributed by atoms with Gasteiger partial charge >= 0.3 is 5.97 Å². The van der Waals surface area contributed by atoms with E-state index in [0.29, 0.717) is 44.2 Å². The minimum absolute atomic E-state index is 0.0410. The van der Waals surface area contributed by atoms with Gasteiger partial charge in [-0.15, -0.1) is 5.10 Å². The third-order valence-electron chi connectivity index (χ3n) is 7.33. The van der Waals surface area contributed by atoms with Crippen molar-refractivity contribution in [2.45, 2.75) is 25.1 Å². The van der Waals surface area contributed by atoms with Gasteiger partial charge in [0, 0.05) is 43.2 Å². The summed E-state index contributed by atoms with van der Waals surface area (Å²) in [4.78, 5) is 45.7. The lowest BCUT2D eigenvalue weighted by Crippen LogP contribution is -2.46. The smallest absolute Gasteiger partial charge is 0.335 e. The first-order valence-corrected chi connectivity index (χ1v) is 13.5. The largest absolute Gasteiger partial charge is 0.478 e. The monoisotopic (exact) mass is 576 g/mol. The average Bonchev–Trinajstić information content (AvgIpc) is 3.59. The average molecular weight is 577 g/mol. The summed E-state index contributed by atoms with van der Waals surface area (Å²) in [5, 5.41) is 35.3. The van der Waals surface area contributed by atoms with E-state index in [9.17, 15) is 24.6 Å². The van der Waals surface area contributed by atoms with Crippen molar-refractivity contribution in [1.29, 1.82) is 5.41 Å². The van der Waals surface area contributed by atoms with Gasteiger partial charge in [0.25, 0.3) is 5.91 Å². The Morgan fingerprint density at radius 2 is 1.79 bits per heavy atom. The van der Waals surface area contributed by atoms with Crippen molar-refractivity contribution in [1.82, 2.24) is 24.6 Å². The van der Waals surface area contributed by atoms with Crippen LogP contribution < -0.4 is 11.1 Å². The Bertz CT molecular complexity index is 1480. The number of rotatable bonds is 9. The maximum Gasteiger partial charge on any atom is 0.335 e. The van der Waals surface area contributed by atoms with Crippen LogP contribution in [0.25, 0.3) is 0 Å². The second-order valence-electron chi connectivity index (χ2n) is 10.2. The van der Waals surface area contributed by atoms with Gasteiger partial charge < -0.3 is 30.9 Å². The van der Waals surface area contributed by atoms with Crippen molar-refractivity contribution >= 4 is 29.6 Å². The summed E-state index contributed by atoms with van der Waals surface area (Å²) in [5.41, 5.74) is 7.02. The van der Waals surface area contributed by atoms with Gasteiger partial charge in [0.2, 0.25) is 11.9 Å². The summed E-state index contributed by atoms with van der Waals surface area (Å²) in [6.45, 7) is 2.62. The molecule has 14 nitrogen and oxygen atoms in total. The second-order valence-corrected chi connectivity index (χ2v) is 10.2. The molecule has 2 aliphatic rings. The van der Waals surface area contributed by atoms with Crippen LogP contribution in [0.2, 0.25) is 0 Å². The number of hydrogen-bond acceptors (Lipinski definition) is 10. The summed E-state index contributed by atoms with van der Waals surface area (Å²) in [6.07, 6.45) is -0.610. The molecule has 1 amide bonds. The molecule has 3 heterocycles. The molecule has 0 spiro atoms. The number of amidine groups is 1. The first-order valence-electron chi connectivity index (χ1n) is 13.5. The zero-order chi connectivity index (χ0) is 29.8. The second kappa shape index (κ2) is 12.5. The fourth-order valence-corrected chi connectivity index (χ4v) is 4.97. The molecule has 2 unspecified atom stereocenters. The highest BCUT2D eigenvalue weighted by atomic mass is 16.5. The number of aliphatic hydroxyl groups excluding tert-OH is 1. The number of carboxylic acid groups (broad SMARTS) is 1. The third kappa shape index (κ3) is 6.46. The molecule has 6 N–H and O–H groups in total. The Kier molecular flexibility index (Phi) is 8.56. The van der Waals surface area contributed by atoms with Crippen LogP contribution >= 0.6 is 0 Å². The number of carbonyl (C=O) groups excluding carboxylic acids is 2. The van der Waals surface area contributed by atoms with Crippen LogP contribution in [0, 0.1) is 5.41 Å². The number of aliphatic hydroxyl groups is 1. The molecular weight excluding hydrogens is 544 g/mol. The van der Waals surface area contributed by atoms with Gasteiger partial charge in [-0.3, -0.25) is 19.9 Å². The highest BCUT2D eigenvalue weighted by molar-refractivity contribution is 5.99. The van der Waals surface area contributed by atoms with Gasteiger partial charge in [0.1, 0.15) is 12.1 Å². The highest BCUT2D eigenvalue weighted by Crippen LogP contribution is 2.30. The van der Waals surface area contributed by atoms with Crippen molar-refractivity contribution in [2.75, 3.05) is 44.7 Å². The van der Waals surface area contributed by atoms with Gasteiger partial charge in [-0.2, -0.15) is 9.67 Å². The first-order chi connectivity index (χ1) is 20.2. The molecule has 2 aliphatic heterocycles. The van der Waals surface area contributed by atoms with Crippen LogP contribution in [-0.4, -0.2) is 104 Å². The Hall–Kier alpha value is -4.66. The first kappa shape index (κ1) is 28.9. The van der Waals surface area contributed by atoms with E-state index in [0.717, 1.165) is 10.2 Å². The third-order valence-corrected chi connectivity index (χ3v) is 7.33. The molecule has 220 valence electrons. The van der Waals surface area contributed by atoms with Crippen molar-refractivity contribution < 1.29 is 29.3 Å². The summed E-state index contributed by atoms with van der Waals surface area (Å²) in [5.74, 6) is -1.79. The summed E-state index contributed by atoms with van der Waals surface area (Å²) in [7, 11) is 0. The van der Waals surface area contributed by atoms with E-state index in [-0.39, 0.29) is 54.2 Å². The summed E-state index contributed by atoms with van der Waals surface area (Å²) in [6, 6.07) is 12.7. The molecule has 0 radical (unpaired) electrons. The van der Waals surface area contributed by atoms with Crippen LogP contribution in [0.4, 0.5) is 5.95 Å². The number of likely N-dealkylation sites (tertiary alicyclic amines) is 1. The number of nitrogens with two attached hydrogens (primary N) is 1. The van der Waals surface area contributed by atoms with Crippen LogP contribution in [0.3, 0.4) is 0 Å². The van der Waals surface area contributed by atoms with Gasteiger partial charge in [0.15, 0.2) is 5.82 Å². The number of carbonyl (C=O) groups is 3. The molecule has 0 bridgehead atoms. The molecule has 0 saturated carbocycles. The van der Waals surface area contributed by atoms with E-state index in [1.807, 2.05) is 0 Å². The molecule has 2 aromatic carbocycles. The number of nitrogens with zero attached hydrogens (tertiary/aromatic N) is 5. The number of carboxylic acids is 1. The molecule has 0 aliphatic carbocycles. The van der Waals surface area contributed by atoms with Crippen molar-refractivity contribution in [3.8, 4) is 0 Å². The number of aromatic carboxylic acids is 1. The highest BCUT2D eigenvalue weighted by Gasteiger charge is 2.36. The molecule has 2 atom stereocenters. The summed E-state index contributed by atoms with van der Waals surface area (Å²) < 4.78 is 6.40. The quantitative estimate of drug-likeness (QED) is 0.176. The minimum atomic E-state index is -1.16. The zero-order valence-electron chi connectivity index (χ0n) is 22.8. The lowest BCUT2D eigenvalue weighted by Gasteiger charge is -2.29. The standard InChI is InChI=1S/C28H32N8O6/c29-24(30)18-6-4-17(5-7-18)14-31-28-32-25(33-36(28)26(39)19-2-1-3-20(12-19)27(40)41)21-13-22(37)35(15-21)16-23(38)34-8-10-42-11-9-34/h1-7,12,21-22,37H,8-11,13-16H2,(H3,29,30)(H,40,41)(H,31,32,33). The van der Waals surface area contributed by atoms with Crippen LogP contribution in [0.5, 0.6) is 0 Å². The van der Waals surface area contributed by atoms with Crippen molar-refractivity contribution in [3.63, 3.8) is 0 Å². The number of ether oxygens (including phenoxy) is 1. The Balaban J connectivity index is 1.37. The lowest BCUT2D eigenvalue weighted by molar-refractivity contribution is -0.138. The molecule has 1 aromatic heterocycles. The molecule has 3 aromatic rings. The summed E-state index contributed by atoms with van der Waals surface area (Å²) >= 11 is 0. The van der Waals surface area contributed by atoms with E-state index >= 15 is 0 Å². The Morgan fingerprint density at radius 3 is 2.48 bits per heavy atom. The minimum Gasteiger partial charge on any atom is -0.478 e. The molecule has 5 rings (SSSR count). The van der Waals surface area contributed by atoms with Crippen LogP contribution in [0.1, 0.15) is 50.0 Å². The van der Waals surface area contributed by atoms with E-state index < -0.39 is 18.1 Å². The number of nitrogens with one attached hydrogen (secondary N) is 2. The normalized spacial score (nSPS) is 19.0. The van der Waals surface area contributed by atoms with E-state index in [2.05, 4.69) is 15.4 Å². The number of benzene rings is 2. The van der Waals surface area contributed by atoms with Crippen molar-refractivity contribution in [2.24, 2.45) is 5.73 Å². The Morgan fingerprint density at radius 1 is 1.07 bits per heavy atom. The zero-order valence-corrected chi connectivity index (χ0v) is 22.8. The molecular formula is C28H32N8O6. The number of hydrogen-bond donors (Lipinski definition) is 5. The van der Waals surface area contributed by atoms with Gasteiger partial charge in [0.05, 0.1) is 25.3 Å². The van der Waals surface area contributed by atoms with E-state index in [4.69, 9.17) is 15.9 Å². The fourth-order valence-electron chi connectivity index (χ4n) is 4.97. The van der Waals surface area contributed by atoms with E-state index in [1.165, 1.54) is 24.3 Å². The predicted molar refractivity (Wildman–Crippen MR) is 150 cm³/mol. The maximum absolute atomic E-state index is 13.5. The number of aromatic nitrogens is 3. The molecule has 2 fully saturated rings. The van der Waals surface area contributed by atoms with Gasteiger partial charge in [-0.25, -0.2) is 4.79 Å². The maximum atomic E-state index is 13.5. The lowest BCUT2D eigenvalue weighted by atomic mass is 10.1. The molecule has 14 heteroatoms. The predicted octanol–water partition coefficient (Wildman–Crippen LogP) is 0.527. The van der Waals surface area contributed by atoms with Gasteiger partial charge in [-0.05, 0) is 30.2 Å². The number of nitrogen functional groups attached to an aromatic ring is 1.